The van der Waals surface area contributed by atoms with Gasteiger partial charge in [-0.2, -0.15) is 0 Å². The summed E-state index contributed by atoms with van der Waals surface area (Å²) in [5.74, 6) is 1.24. The SMILES string of the molecule is COc1ccc(NC(=O)c2oc3ccccc3c2NC(=O)C=Cc2ccc3c(c2)OCO3)c(OC)c1. The van der Waals surface area contributed by atoms with Crippen LogP contribution in [0.15, 0.2) is 71.2 Å². The number of nitrogens with one attached hydrogen (secondary N) is 2. The molecule has 182 valence electrons. The number of hydrogen-bond donors (Lipinski definition) is 2. The number of hydrogen-bond acceptors (Lipinski definition) is 7. The van der Waals surface area contributed by atoms with Crippen LogP contribution in [0.1, 0.15) is 16.1 Å². The number of anilines is 2. The Balaban J connectivity index is 1.40. The third kappa shape index (κ3) is 4.54. The first-order chi connectivity index (χ1) is 17.6. The zero-order chi connectivity index (χ0) is 25.1. The average molecular weight is 486 g/mol. The van der Waals surface area contributed by atoms with E-state index in [2.05, 4.69) is 10.6 Å². The van der Waals surface area contributed by atoms with E-state index in [1.807, 2.05) is 6.07 Å². The average Bonchev–Trinajstić information content (AvgIpc) is 3.52. The lowest BCUT2D eigenvalue weighted by atomic mass is 10.2. The number of carbonyl (C=O) groups is 2. The fourth-order valence-corrected chi connectivity index (χ4v) is 3.76. The summed E-state index contributed by atoms with van der Waals surface area (Å²) in [6.07, 6.45) is 3.01. The molecule has 1 aliphatic rings. The highest BCUT2D eigenvalue weighted by atomic mass is 16.7. The highest BCUT2D eigenvalue weighted by Gasteiger charge is 2.23. The van der Waals surface area contributed by atoms with E-state index in [0.29, 0.717) is 39.7 Å². The van der Waals surface area contributed by atoms with E-state index in [-0.39, 0.29) is 18.2 Å². The third-order valence-corrected chi connectivity index (χ3v) is 5.53. The normalized spacial score (nSPS) is 12.1. The fraction of sp³-hybridized carbons (Fsp3) is 0.111. The topological polar surface area (TPSA) is 108 Å². The van der Waals surface area contributed by atoms with E-state index in [1.165, 1.54) is 20.3 Å². The van der Waals surface area contributed by atoms with Crippen molar-refractivity contribution in [1.82, 2.24) is 0 Å². The number of furan rings is 1. The Labute approximate surface area is 206 Å². The van der Waals surface area contributed by atoms with Crippen molar-refractivity contribution in [3.05, 3.63) is 78.1 Å². The van der Waals surface area contributed by atoms with E-state index in [9.17, 15) is 9.59 Å². The Morgan fingerprint density at radius 2 is 1.75 bits per heavy atom. The van der Waals surface area contributed by atoms with E-state index in [4.69, 9.17) is 23.4 Å². The fourth-order valence-electron chi connectivity index (χ4n) is 3.76. The third-order valence-electron chi connectivity index (χ3n) is 5.53. The Kier molecular flexibility index (Phi) is 6.19. The summed E-state index contributed by atoms with van der Waals surface area (Å²) in [6, 6.07) is 17.4. The molecule has 0 saturated heterocycles. The summed E-state index contributed by atoms with van der Waals surface area (Å²) in [5, 5.41) is 6.15. The molecule has 0 saturated carbocycles. The molecule has 0 atom stereocenters. The van der Waals surface area contributed by atoms with E-state index in [1.54, 1.807) is 60.7 Å². The predicted molar refractivity (Wildman–Crippen MR) is 134 cm³/mol. The van der Waals surface area contributed by atoms with Gasteiger partial charge < -0.3 is 34.0 Å². The van der Waals surface area contributed by atoms with Crippen LogP contribution in [0.3, 0.4) is 0 Å². The maximum atomic E-state index is 13.2. The summed E-state index contributed by atoms with van der Waals surface area (Å²) in [6.45, 7) is 0.170. The molecule has 0 bridgehead atoms. The summed E-state index contributed by atoms with van der Waals surface area (Å²) >= 11 is 0. The number of fused-ring (bicyclic) bond motifs is 2. The van der Waals surface area contributed by atoms with Gasteiger partial charge in [0.25, 0.3) is 5.91 Å². The first-order valence-corrected chi connectivity index (χ1v) is 11.0. The molecule has 5 rings (SSSR count). The molecule has 0 unspecified atom stereocenters. The number of amides is 2. The molecule has 36 heavy (non-hydrogen) atoms. The second-order valence-corrected chi connectivity index (χ2v) is 7.76. The number of ether oxygens (including phenoxy) is 4. The van der Waals surface area contributed by atoms with Crippen LogP contribution in [0.2, 0.25) is 0 Å². The molecule has 2 N–H and O–H groups in total. The highest BCUT2D eigenvalue weighted by Crippen LogP contribution is 2.35. The number of rotatable bonds is 7. The maximum absolute atomic E-state index is 13.2. The highest BCUT2D eigenvalue weighted by molar-refractivity contribution is 6.16. The van der Waals surface area contributed by atoms with E-state index < -0.39 is 11.8 Å². The van der Waals surface area contributed by atoms with Crippen LogP contribution < -0.4 is 29.6 Å². The Morgan fingerprint density at radius 3 is 2.58 bits per heavy atom. The van der Waals surface area contributed by atoms with Gasteiger partial charge in [-0.25, -0.2) is 0 Å². The zero-order valence-electron chi connectivity index (χ0n) is 19.5. The van der Waals surface area contributed by atoms with Gasteiger partial charge in [-0.05, 0) is 48.0 Å². The molecule has 0 radical (unpaired) electrons. The van der Waals surface area contributed by atoms with Crippen LogP contribution >= 0.6 is 0 Å². The molecular weight excluding hydrogens is 464 g/mol. The molecule has 1 aliphatic heterocycles. The number of carbonyl (C=O) groups excluding carboxylic acids is 2. The Hall–Kier alpha value is -4.92. The molecule has 9 heteroatoms. The van der Waals surface area contributed by atoms with Crippen LogP contribution in [0.4, 0.5) is 11.4 Å². The molecule has 3 aromatic carbocycles. The van der Waals surface area contributed by atoms with Crippen LogP contribution in [0.5, 0.6) is 23.0 Å². The minimum atomic E-state index is -0.551. The van der Waals surface area contributed by atoms with Crippen LogP contribution in [-0.4, -0.2) is 32.8 Å². The van der Waals surface area contributed by atoms with Crippen molar-refractivity contribution < 1.29 is 33.0 Å². The number of methoxy groups -OCH3 is 2. The van der Waals surface area contributed by atoms with E-state index in [0.717, 1.165) is 5.56 Å². The van der Waals surface area contributed by atoms with Gasteiger partial charge in [0, 0.05) is 17.5 Å². The minimum absolute atomic E-state index is 0.0427. The van der Waals surface area contributed by atoms with Gasteiger partial charge in [0.05, 0.1) is 19.9 Å². The second-order valence-electron chi connectivity index (χ2n) is 7.76. The van der Waals surface area contributed by atoms with Gasteiger partial charge in [0.15, 0.2) is 11.5 Å². The Morgan fingerprint density at radius 1 is 0.917 bits per heavy atom. The van der Waals surface area contributed by atoms with Gasteiger partial charge >= 0.3 is 0 Å². The first kappa shape index (κ1) is 22.9. The molecule has 2 heterocycles. The van der Waals surface area contributed by atoms with Crippen molar-refractivity contribution in [3.8, 4) is 23.0 Å². The quantitative estimate of drug-likeness (QED) is 0.351. The molecule has 0 fully saturated rings. The molecule has 0 spiro atoms. The molecule has 0 aliphatic carbocycles. The minimum Gasteiger partial charge on any atom is -0.497 e. The smallest absolute Gasteiger partial charge is 0.293 e. The molecular formula is C27H22N2O7. The lowest BCUT2D eigenvalue weighted by Gasteiger charge is -2.11. The lowest BCUT2D eigenvalue weighted by molar-refractivity contribution is -0.111. The van der Waals surface area contributed by atoms with Gasteiger partial charge in [-0.1, -0.05) is 18.2 Å². The number of para-hydroxylation sites is 1. The number of benzene rings is 3. The monoisotopic (exact) mass is 486 g/mol. The molecule has 4 aromatic rings. The van der Waals surface area contributed by atoms with Crippen molar-refractivity contribution in [2.45, 2.75) is 0 Å². The Bertz CT molecular complexity index is 1490. The van der Waals surface area contributed by atoms with Crippen molar-refractivity contribution in [2.24, 2.45) is 0 Å². The van der Waals surface area contributed by atoms with Gasteiger partial charge in [0.2, 0.25) is 18.5 Å². The summed E-state index contributed by atoms with van der Waals surface area (Å²) in [7, 11) is 3.03. The lowest BCUT2D eigenvalue weighted by Crippen LogP contribution is -2.16. The maximum Gasteiger partial charge on any atom is 0.293 e. The first-order valence-electron chi connectivity index (χ1n) is 11.0. The van der Waals surface area contributed by atoms with E-state index >= 15 is 0 Å². The van der Waals surface area contributed by atoms with Crippen LogP contribution in [0, 0.1) is 0 Å². The summed E-state index contributed by atoms with van der Waals surface area (Å²) < 4.78 is 27.1. The van der Waals surface area contributed by atoms with Gasteiger partial charge in [-0.15, -0.1) is 0 Å². The van der Waals surface area contributed by atoms with Crippen molar-refractivity contribution in [3.63, 3.8) is 0 Å². The molecule has 1 aromatic heterocycles. The second kappa shape index (κ2) is 9.75. The zero-order valence-corrected chi connectivity index (χ0v) is 19.5. The standard InChI is InChI=1S/C27H22N2O7/c1-32-17-9-10-19(22(14-17)33-2)28-27(31)26-25(18-5-3-4-6-20(18)36-26)29-24(30)12-8-16-7-11-21-23(13-16)35-15-34-21/h3-14H,15H2,1-2H3,(H,28,31)(H,29,30). The largest absolute Gasteiger partial charge is 0.497 e. The van der Waals surface area contributed by atoms with Crippen molar-refractivity contribution >= 4 is 40.2 Å². The molecule has 2 amide bonds. The van der Waals surface area contributed by atoms with Gasteiger partial charge in [0.1, 0.15) is 22.8 Å². The summed E-state index contributed by atoms with van der Waals surface area (Å²) in [5.41, 5.74) is 1.90. The predicted octanol–water partition coefficient (Wildman–Crippen LogP) is 5.08. The molecule has 9 nitrogen and oxygen atoms in total. The van der Waals surface area contributed by atoms with Gasteiger partial charge in [-0.3, -0.25) is 9.59 Å². The van der Waals surface area contributed by atoms with Crippen molar-refractivity contribution in [2.75, 3.05) is 31.6 Å². The van der Waals surface area contributed by atoms with Crippen molar-refractivity contribution in [1.29, 1.82) is 0 Å². The summed E-state index contributed by atoms with van der Waals surface area (Å²) in [4.78, 5) is 26.0. The van der Waals surface area contributed by atoms with Crippen LogP contribution in [0.25, 0.3) is 17.0 Å². The van der Waals surface area contributed by atoms with Crippen LogP contribution in [-0.2, 0) is 4.79 Å².